The molecular formula is C19H28ClN3O2. The standard InChI is InChI=1S/C19H27N3O2.ClH/c20-16-9-5-11-22(13-16)19(24)15-8-4-10-17(12-15)21-18(23)14-6-2-1-3-7-14;/h4,8,10,12,14,16H,1-3,5-7,9,11,13,20H2,(H,21,23);1H. The zero-order valence-corrected chi connectivity index (χ0v) is 15.4. The van der Waals surface area contributed by atoms with Crippen molar-refractivity contribution in [2.75, 3.05) is 18.4 Å². The molecule has 138 valence electrons. The SMILES string of the molecule is Cl.NC1CCCN(C(=O)c2cccc(NC(=O)C3CCCCC3)c2)C1. The number of hydrogen-bond acceptors (Lipinski definition) is 3. The highest BCUT2D eigenvalue weighted by Crippen LogP contribution is 2.25. The molecule has 0 radical (unpaired) electrons. The van der Waals surface area contributed by atoms with Crippen molar-refractivity contribution in [1.29, 1.82) is 0 Å². The summed E-state index contributed by atoms with van der Waals surface area (Å²) in [6.07, 6.45) is 7.35. The number of halogens is 1. The number of amides is 2. The van der Waals surface area contributed by atoms with Gasteiger partial charge in [0.15, 0.2) is 0 Å². The second kappa shape index (κ2) is 9.20. The topological polar surface area (TPSA) is 75.4 Å². The summed E-state index contributed by atoms with van der Waals surface area (Å²) in [7, 11) is 0. The normalized spacial score (nSPS) is 21.3. The van der Waals surface area contributed by atoms with Gasteiger partial charge in [0, 0.05) is 36.3 Å². The van der Waals surface area contributed by atoms with E-state index in [9.17, 15) is 9.59 Å². The monoisotopic (exact) mass is 365 g/mol. The third-order valence-electron chi connectivity index (χ3n) is 5.10. The van der Waals surface area contributed by atoms with Crippen LogP contribution in [-0.4, -0.2) is 35.8 Å². The number of nitrogens with two attached hydrogens (primary N) is 1. The van der Waals surface area contributed by atoms with Crippen molar-refractivity contribution >= 4 is 29.9 Å². The van der Waals surface area contributed by atoms with Crippen LogP contribution in [0.5, 0.6) is 0 Å². The molecule has 2 aliphatic rings. The average Bonchev–Trinajstić information content (AvgIpc) is 2.62. The minimum atomic E-state index is -0.00100. The molecule has 5 nitrogen and oxygen atoms in total. The van der Waals surface area contributed by atoms with Crippen molar-refractivity contribution in [1.82, 2.24) is 4.90 Å². The Kier molecular flexibility index (Phi) is 7.26. The van der Waals surface area contributed by atoms with Gasteiger partial charge in [0.25, 0.3) is 5.91 Å². The van der Waals surface area contributed by atoms with Gasteiger partial charge in [-0.2, -0.15) is 0 Å². The van der Waals surface area contributed by atoms with Crippen molar-refractivity contribution in [2.45, 2.75) is 51.0 Å². The highest BCUT2D eigenvalue weighted by atomic mass is 35.5. The lowest BCUT2D eigenvalue weighted by Gasteiger charge is -2.31. The molecule has 1 saturated heterocycles. The van der Waals surface area contributed by atoms with E-state index >= 15 is 0 Å². The third-order valence-corrected chi connectivity index (χ3v) is 5.10. The van der Waals surface area contributed by atoms with E-state index in [1.807, 2.05) is 17.0 Å². The number of carbonyl (C=O) groups is 2. The van der Waals surface area contributed by atoms with E-state index in [1.165, 1.54) is 6.42 Å². The van der Waals surface area contributed by atoms with Gasteiger partial charge in [-0.25, -0.2) is 0 Å². The second-order valence-corrected chi connectivity index (χ2v) is 7.06. The first-order valence-corrected chi connectivity index (χ1v) is 9.09. The lowest BCUT2D eigenvalue weighted by molar-refractivity contribution is -0.120. The molecule has 1 saturated carbocycles. The highest BCUT2D eigenvalue weighted by Gasteiger charge is 2.23. The van der Waals surface area contributed by atoms with E-state index < -0.39 is 0 Å². The van der Waals surface area contributed by atoms with Crippen molar-refractivity contribution in [3.63, 3.8) is 0 Å². The van der Waals surface area contributed by atoms with Gasteiger partial charge in [-0.15, -0.1) is 12.4 Å². The van der Waals surface area contributed by atoms with Gasteiger partial charge >= 0.3 is 0 Å². The van der Waals surface area contributed by atoms with Crippen LogP contribution in [0, 0.1) is 5.92 Å². The average molecular weight is 366 g/mol. The van der Waals surface area contributed by atoms with Gasteiger partial charge in [-0.05, 0) is 43.9 Å². The molecule has 3 N–H and O–H groups in total. The summed E-state index contributed by atoms with van der Waals surface area (Å²) in [6.45, 7) is 1.36. The minimum absolute atomic E-state index is 0. The quantitative estimate of drug-likeness (QED) is 0.863. The Morgan fingerprint density at radius 1 is 1.08 bits per heavy atom. The molecule has 1 atom stereocenters. The predicted molar refractivity (Wildman–Crippen MR) is 102 cm³/mol. The van der Waals surface area contributed by atoms with E-state index in [2.05, 4.69) is 5.32 Å². The maximum absolute atomic E-state index is 12.6. The molecule has 1 aromatic carbocycles. The van der Waals surface area contributed by atoms with E-state index in [0.29, 0.717) is 17.8 Å². The van der Waals surface area contributed by atoms with Crippen LogP contribution in [0.15, 0.2) is 24.3 Å². The second-order valence-electron chi connectivity index (χ2n) is 7.06. The number of nitrogens with zero attached hydrogens (tertiary/aromatic N) is 1. The summed E-state index contributed by atoms with van der Waals surface area (Å²) in [4.78, 5) is 26.8. The molecule has 0 spiro atoms. The summed E-state index contributed by atoms with van der Waals surface area (Å²) in [6, 6.07) is 7.33. The Morgan fingerprint density at radius 3 is 2.56 bits per heavy atom. The molecule has 6 heteroatoms. The Morgan fingerprint density at radius 2 is 1.84 bits per heavy atom. The molecule has 3 rings (SSSR count). The predicted octanol–water partition coefficient (Wildman–Crippen LogP) is 3.19. The van der Waals surface area contributed by atoms with Crippen LogP contribution in [0.3, 0.4) is 0 Å². The zero-order valence-electron chi connectivity index (χ0n) is 14.6. The highest BCUT2D eigenvalue weighted by molar-refractivity contribution is 5.97. The number of likely N-dealkylation sites (tertiary alicyclic amines) is 1. The lowest BCUT2D eigenvalue weighted by Crippen LogP contribution is -2.45. The Hall–Kier alpha value is -1.59. The maximum Gasteiger partial charge on any atom is 0.253 e. The Bertz CT molecular complexity index is 602. The Balaban J connectivity index is 0.00000225. The smallest absolute Gasteiger partial charge is 0.253 e. The van der Waals surface area contributed by atoms with Crippen LogP contribution >= 0.6 is 12.4 Å². The van der Waals surface area contributed by atoms with Gasteiger partial charge in [0.1, 0.15) is 0 Å². The molecule has 1 aliphatic heterocycles. The summed E-state index contributed by atoms with van der Waals surface area (Å²) < 4.78 is 0. The Labute approximate surface area is 155 Å². The molecule has 1 unspecified atom stereocenters. The fourth-order valence-corrected chi connectivity index (χ4v) is 3.72. The molecule has 1 aliphatic carbocycles. The van der Waals surface area contributed by atoms with E-state index in [0.717, 1.165) is 45.1 Å². The first kappa shape index (κ1) is 19.7. The van der Waals surface area contributed by atoms with Crippen LogP contribution in [0.25, 0.3) is 0 Å². The van der Waals surface area contributed by atoms with Crippen LogP contribution in [0.2, 0.25) is 0 Å². The molecule has 25 heavy (non-hydrogen) atoms. The molecule has 0 aromatic heterocycles. The summed E-state index contributed by atoms with van der Waals surface area (Å²) in [5.74, 6) is 0.191. The summed E-state index contributed by atoms with van der Waals surface area (Å²) >= 11 is 0. The van der Waals surface area contributed by atoms with Crippen molar-refractivity contribution in [3.8, 4) is 0 Å². The largest absolute Gasteiger partial charge is 0.337 e. The van der Waals surface area contributed by atoms with Crippen LogP contribution in [-0.2, 0) is 4.79 Å². The lowest BCUT2D eigenvalue weighted by atomic mass is 9.88. The molecule has 0 bridgehead atoms. The van der Waals surface area contributed by atoms with Gasteiger partial charge in [0.2, 0.25) is 5.91 Å². The van der Waals surface area contributed by atoms with E-state index in [-0.39, 0.29) is 36.2 Å². The number of carbonyl (C=O) groups excluding carboxylic acids is 2. The van der Waals surface area contributed by atoms with Gasteiger partial charge in [-0.1, -0.05) is 25.3 Å². The third kappa shape index (κ3) is 5.19. The molecular weight excluding hydrogens is 338 g/mol. The van der Waals surface area contributed by atoms with Crippen molar-refractivity contribution in [2.24, 2.45) is 11.7 Å². The number of benzene rings is 1. The van der Waals surface area contributed by atoms with Crippen molar-refractivity contribution < 1.29 is 9.59 Å². The number of anilines is 1. The molecule has 1 heterocycles. The minimum Gasteiger partial charge on any atom is -0.337 e. The van der Waals surface area contributed by atoms with Gasteiger partial charge in [-0.3, -0.25) is 9.59 Å². The number of rotatable bonds is 3. The van der Waals surface area contributed by atoms with Gasteiger partial charge in [0.05, 0.1) is 0 Å². The summed E-state index contributed by atoms with van der Waals surface area (Å²) in [5.41, 5.74) is 7.29. The first-order valence-electron chi connectivity index (χ1n) is 9.09. The maximum atomic E-state index is 12.6. The first-order chi connectivity index (χ1) is 11.6. The number of nitrogens with one attached hydrogen (secondary N) is 1. The van der Waals surface area contributed by atoms with Crippen LogP contribution in [0.4, 0.5) is 5.69 Å². The number of hydrogen-bond donors (Lipinski definition) is 2. The molecule has 1 aromatic rings. The molecule has 2 fully saturated rings. The van der Waals surface area contributed by atoms with Gasteiger partial charge < -0.3 is 16.0 Å². The number of piperidine rings is 1. The fraction of sp³-hybridized carbons (Fsp3) is 0.579. The van der Waals surface area contributed by atoms with Crippen LogP contribution < -0.4 is 11.1 Å². The molecule has 2 amide bonds. The summed E-state index contributed by atoms with van der Waals surface area (Å²) in [5, 5.41) is 2.98. The van der Waals surface area contributed by atoms with Crippen LogP contribution in [0.1, 0.15) is 55.3 Å². The van der Waals surface area contributed by atoms with E-state index in [4.69, 9.17) is 5.73 Å². The fourth-order valence-electron chi connectivity index (χ4n) is 3.72. The van der Waals surface area contributed by atoms with E-state index in [1.54, 1.807) is 12.1 Å². The van der Waals surface area contributed by atoms with Crippen molar-refractivity contribution in [3.05, 3.63) is 29.8 Å². The zero-order chi connectivity index (χ0) is 16.9.